The van der Waals surface area contributed by atoms with E-state index in [1.165, 1.54) is 11.3 Å². The largest absolute Gasteiger partial charge is 0.397 e. The number of nitrogens with one attached hydrogen (secondary N) is 1. The standard InChI is InChI=1S/C12H13ClN4OS2/c13-9-4-3-8(6-10(9)14)16-11(18)2-1-5-19-12-17-15-7-20-12/h3-4,6-7H,1-2,5,14H2,(H,16,18). The zero-order valence-corrected chi connectivity index (χ0v) is 12.9. The smallest absolute Gasteiger partial charge is 0.224 e. The lowest BCUT2D eigenvalue weighted by Crippen LogP contribution is -2.11. The van der Waals surface area contributed by atoms with Crippen LogP contribution in [0.2, 0.25) is 5.02 Å². The van der Waals surface area contributed by atoms with Gasteiger partial charge in [0, 0.05) is 17.9 Å². The quantitative estimate of drug-likeness (QED) is 0.483. The molecule has 0 fully saturated rings. The van der Waals surface area contributed by atoms with Gasteiger partial charge in [-0.2, -0.15) is 0 Å². The van der Waals surface area contributed by atoms with Crippen molar-refractivity contribution in [1.82, 2.24) is 10.2 Å². The maximum absolute atomic E-state index is 11.8. The third-order valence-electron chi connectivity index (χ3n) is 2.39. The van der Waals surface area contributed by atoms with Gasteiger partial charge in [0.05, 0.1) is 10.7 Å². The lowest BCUT2D eigenvalue weighted by molar-refractivity contribution is -0.116. The summed E-state index contributed by atoms with van der Waals surface area (Å²) in [4.78, 5) is 11.8. The third-order valence-corrected chi connectivity index (χ3v) is 4.68. The zero-order chi connectivity index (χ0) is 14.4. The van der Waals surface area contributed by atoms with Gasteiger partial charge in [-0.1, -0.05) is 34.7 Å². The minimum atomic E-state index is -0.0374. The summed E-state index contributed by atoms with van der Waals surface area (Å²) < 4.78 is 0.927. The van der Waals surface area contributed by atoms with Crippen molar-refractivity contribution in [3.05, 3.63) is 28.7 Å². The van der Waals surface area contributed by atoms with Crippen molar-refractivity contribution < 1.29 is 4.79 Å². The first-order chi connectivity index (χ1) is 9.65. The minimum absolute atomic E-state index is 0.0374. The normalized spacial score (nSPS) is 10.4. The Kier molecular flexibility index (Phi) is 5.63. The molecule has 0 radical (unpaired) electrons. The zero-order valence-electron chi connectivity index (χ0n) is 10.5. The summed E-state index contributed by atoms with van der Waals surface area (Å²) in [6, 6.07) is 5.04. The van der Waals surface area contributed by atoms with Crippen molar-refractivity contribution >= 4 is 52.0 Å². The molecule has 1 aromatic heterocycles. The van der Waals surface area contributed by atoms with Gasteiger partial charge >= 0.3 is 0 Å². The van der Waals surface area contributed by atoms with Gasteiger partial charge < -0.3 is 11.1 Å². The van der Waals surface area contributed by atoms with Gasteiger partial charge in [0.25, 0.3) is 0 Å². The number of halogens is 1. The number of nitrogens with zero attached hydrogens (tertiary/aromatic N) is 2. The maximum atomic E-state index is 11.8. The number of nitrogen functional groups attached to an aromatic ring is 1. The summed E-state index contributed by atoms with van der Waals surface area (Å²) in [5, 5.41) is 11.0. The molecule has 2 aromatic rings. The number of aromatic nitrogens is 2. The average Bonchev–Trinajstić information content (AvgIpc) is 2.92. The summed E-state index contributed by atoms with van der Waals surface area (Å²) in [6.45, 7) is 0. The number of carbonyl (C=O) groups excluding carboxylic acids is 1. The van der Waals surface area contributed by atoms with Crippen LogP contribution in [0.15, 0.2) is 28.0 Å². The number of nitrogens with two attached hydrogens (primary N) is 1. The highest BCUT2D eigenvalue weighted by Crippen LogP contribution is 2.23. The lowest BCUT2D eigenvalue weighted by atomic mass is 10.2. The Balaban J connectivity index is 1.71. The molecule has 0 bridgehead atoms. The summed E-state index contributed by atoms with van der Waals surface area (Å²) in [5.41, 5.74) is 8.48. The number of anilines is 2. The summed E-state index contributed by atoms with van der Waals surface area (Å²) >= 11 is 8.93. The van der Waals surface area contributed by atoms with E-state index in [4.69, 9.17) is 17.3 Å². The Morgan fingerprint density at radius 2 is 2.35 bits per heavy atom. The Hall–Kier alpha value is -1.31. The fourth-order valence-corrected chi connectivity index (χ4v) is 3.08. The van der Waals surface area contributed by atoms with Gasteiger partial charge in [-0.15, -0.1) is 10.2 Å². The predicted octanol–water partition coefficient (Wildman–Crippen LogP) is 3.28. The summed E-state index contributed by atoms with van der Waals surface area (Å²) in [6.07, 6.45) is 1.23. The Morgan fingerprint density at radius 3 is 3.05 bits per heavy atom. The van der Waals surface area contributed by atoms with E-state index in [-0.39, 0.29) is 5.91 Å². The van der Waals surface area contributed by atoms with E-state index in [0.717, 1.165) is 16.5 Å². The first-order valence-electron chi connectivity index (χ1n) is 5.89. The molecule has 5 nitrogen and oxygen atoms in total. The Labute approximate surface area is 129 Å². The molecule has 106 valence electrons. The van der Waals surface area contributed by atoms with Crippen molar-refractivity contribution in [3.8, 4) is 0 Å². The number of benzene rings is 1. The molecule has 0 spiro atoms. The van der Waals surface area contributed by atoms with Crippen LogP contribution in [0.25, 0.3) is 0 Å². The van der Waals surface area contributed by atoms with Crippen LogP contribution in [0, 0.1) is 0 Å². The molecule has 0 unspecified atom stereocenters. The molecule has 20 heavy (non-hydrogen) atoms. The maximum Gasteiger partial charge on any atom is 0.224 e. The lowest BCUT2D eigenvalue weighted by Gasteiger charge is -2.06. The van der Waals surface area contributed by atoms with Crippen LogP contribution in [-0.2, 0) is 4.79 Å². The fraction of sp³-hybridized carbons (Fsp3) is 0.250. The molecule has 2 rings (SSSR count). The van der Waals surface area contributed by atoms with Gasteiger partial charge in [0.1, 0.15) is 5.51 Å². The van der Waals surface area contributed by atoms with E-state index in [0.29, 0.717) is 22.8 Å². The molecule has 1 aromatic carbocycles. The van der Waals surface area contributed by atoms with E-state index >= 15 is 0 Å². The second-order valence-corrected chi connectivity index (χ2v) is 6.52. The minimum Gasteiger partial charge on any atom is -0.397 e. The number of hydrogen-bond acceptors (Lipinski definition) is 6. The number of carbonyl (C=O) groups is 1. The Morgan fingerprint density at radius 1 is 1.50 bits per heavy atom. The van der Waals surface area contributed by atoms with Crippen LogP contribution in [-0.4, -0.2) is 21.9 Å². The molecule has 0 saturated carbocycles. The predicted molar refractivity (Wildman–Crippen MR) is 84.4 cm³/mol. The van der Waals surface area contributed by atoms with E-state index in [1.807, 2.05) is 0 Å². The molecule has 0 aliphatic heterocycles. The van der Waals surface area contributed by atoms with Crippen molar-refractivity contribution in [2.24, 2.45) is 0 Å². The van der Waals surface area contributed by atoms with Crippen molar-refractivity contribution in [1.29, 1.82) is 0 Å². The van der Waals surface area contributed by atoms with Crippen LogP contribution < -0.4 is 11.1 Å². The van der Waals surface area contributed by atoms with Crippen LogP contribution in [0.5, 0.6) is 0 Å². The van der Waals surface area contributed by atoms with Crippen molar-refractivity contribution in [3.63, 3.8) is 0 Å². The highest BCUT2D eigenvalue weighted by Gasteiger charge is 2.05. The first kappa shape index (κ1) is 15.1. The van der Waals surface area contributed by atoms with Crippen LogP contribution >= 0.6 is 34.7 Å². The molecule has 8 heteroatoms. The van der Waals surface area contributed by atoms with Crippen molar-refractivity contribution in [2.75, 3.05) is 16.8 Å². The number of amides is 1. The van der Waals surface area contributed by atoms with Gasteiger partial charge in [0.2, 0.25) is 5.91 Å². The molecule has 0 aliphatic carbocycles. The van der Waals surface area contributed by atoms with Crippen LogP contribution in [0.4, 0.5) is 11.4 Å². The SMILES string of the molecule is Nc1cc(NC(=O)CCCSc2nncs2)ccc1Cl. The average molecular weight is 329 g/mol. The van der Waals surface area contributed by atoms with Crippen LogP contribution in [0.1, 0.15) is 12.8 Å². The number of thioether (sulfide) groups is 1. The molecule has 3 N–H and O–H groups in total. The molecular formula is C12H13ClN4OS2. The first-order valence-corrected chi connectivity index (χ1v) is 8.13. The van der Waals surface area contributed by atoms with Gasteiger partial charge in [0.15, 0.2) is 4.34 Å². The molecule has 1 heterocycles. The molecule has 0 saturated heterocycles. The van der Waals surface area contributed by atoms with E-state index in [1.54, 1.807) is 35.5 Å². The van der Waals surface area contributed by atoms with E-state index in [2.05, 4.69) is 15.5 Å². The fourth-order valence-electron chi connectivity index (χ4n) is 1.46. The van der Waals surface area contributed by atoms with Gasteiger partial charge in [-0.3, -0.25) is 4.79 Å². The number of hydrogen-bond donors (Lipinski definition) is 2. The summed E-state index contributed by atoms with van der Waals surface area (Å²) in [5.74, 6) is 0.801. The molecule has 0 aliphatic rings. The number of rotatable bonds is 6. The van der Waals surface area contributed by atoms with Crippen LogP contribution in [0.3, 0.4) is 0 Å². The topological polar surface area (TPSA) is 80.9 Å². The highest BCUT2D eigenvalue weighted by molar-refractivity contribution is 8.00. The monoisotopic (exact) mass is 328 g/mol. The van der Waals surface area contributed by atoms with Gasteiger partial charge in [-0.05, 0) is 24.6 Å². The second-order valence-electron chi connectivity index (χ2n) is 3.94. The second kappa shape index (κ2) is 7.47. The van der Waals surface area contributed by atoms with E-state index in [9.17, 15) is 4.79 Å². The highest BCUT2D eigenvalue weighted by atomic mass is 35.5. The molecular weight excluding hydrogens is 316 g/mol. The van der Waals surface area contributed by atoms with Gasteiger partial charge in [-0.25, -0.2) is 0 Å². The third kappa shape index (κ3) is 4.66. The molecule has 0 atom stereocenters. The van der Waals surface area contributed by atoms with E-state index < -0.39 is 0 Å². The molecule has 1 amide bonds. The van der Waals surface area contributed by atoms with Crippen molar-refractivity contribution in [2.45, 2.75) is 17.2 Å². The Bertz CT molecular complexity index is 577. The summed E-state index contributed by atoms with van der Waals surface area (Å²) in [7, 11) is 0.